The zero-order valence-electron chi connectivity index (χ0n) is 24.3. The van der Waals surface area contributed by atoms with Crippen LogP contribution in [0.15, 0.2) is 82.6 Å². The van der Waals surface area contributed by atoms with Crippen molar-refractivity contribution in [1.29, 1.82) is 0 Å². The van der Waals surface area contributed by atoms with Crippen LogP contribution < -0.4 is 9.47 Å². The van der Waals surface area contributed by atoms with Crippen molar-refractivity contribution in [2.45, 2.75) is 55.7 Å². The molecule has 0 aromatic heterocycles. The van der Waals surface area contributed by atoms with E-state index < -0.39 is 15.8 Å². The summed E-state index contributed by atoms with van der Waals surface area (Å²) in [4.78, 5) is 24.2. The molecule has 0 bridgehead atoms. The Labute approximate surface area is 248 Å². The Hall–Kier alpha value is -4.11. The van der Waals surface area contributed by atoms with Crippen LogP contribution in [0.25, 0.3) is 6.08 Å². The van der Waals surface area contributed by atoms with Crippen LogP contribution in [0.1, 0.15) is 61.0 Å². The average molecular weight is 595 g/mol. The third kappa shape index (κ3) is 9.48. The van der Waals surface area contributed by atoms with Crippen LogP contribution in [0, 0.1) is 0 Å². The lowest BCUT2D eigenvalue weighted by molar-refractivity contribution is -0.143. The van der Waals surface area contributed by atoms with Crippen molar-refractivity contribution in [3.63, 3.8) is 0 Å². The molecule has 3 aromatic carbocycles. The van der Waals surface area contributed by atoms with Crippen LogP contribution in [-0.2, 0) is 30.5 Å². The number of ether oxygens (including phenoxy) is 4. The van der Waals surface area contributed by atoms with E-state index in [0.29, 0.717) is 17.9 Å². The van der Waals surface area contributed by atoms with Gasteiger partial charge in [0.1, 0.15) is 11.5 Å². The Morgan fingerprint density at radius 3 is 2.31 bits per heavy atom. The van der Waals surface area contributed by atoms with Crippen molar-refractivity contribution in [2.24, 2.45) is 0 Å². The summed E-state index contributed by atoms with van der Waals surface area (Å²) in [6.45, 7) is 4.30. The summed E-state index contributed by atoms with van der Waals surface area (Å²) < 4.78 is 48.2. The largest absolute Gasteiger partial charge is 0.497 e. The Kier molecular flexibility index (Phi) is 12.6. The fourth-order valence-corrected chi connectivity index (χ4v) is 5.51. The second-order valence-electron chi connectivity index (χ2n) is 9.35. The predicted octanol–water partition coefficient (Wildman–Crippen LogP) is 6.46. The molecule has 0 saturated heterocycles. The number of esters is 2. The molecule has 0 atom stereocenters. The summed E-state index contributed by atoms with van der Waals surface area (Å²) >= 11 is 0. The Balaban J connectivity index is 1.68. The lowest BCUT2D eigenvalue weighted by Crippen LogP contribution is -2.09. The summed E-state index contributed by atoms with van der Waals surface area (Å²) in [6.07, 6.45) is 7.11. The maximum absolute atomic E-state index is 13.5. The number of hydrogen-bond donors (Lipinski definition) is 0. The molecular formula is C33H38O8S. The molecule has 0 aliphatic rings. The monoisotopic (exact) mass is 594 g/mol. The molecule has 0 aliphatic carbocycles. The summed E-state index contributed by atoms with van der Waals surface area (Å²) in [5, 5.41) is 0. The molecule has 0 saturated carbocycles. The van der Waals surface area contributed by atoms with E-state index >= 15 is 0 Å². The molecular weight excluding hydrogens is 556 g/mol. The van der Waals surface area contributed by atoms with Crippen molar-refractivity contribution in [3.05, 3.63) is 89.5 Å². The minimum absolute atomic E-state index is 0.0271. The van der Waals surface area contributed by atoms with E-state index in [0.717, 1.165) is 30.6 Å². The van der Waals surface area contributed by atoms with Gasteiger partial charge in [-0.2, -0.15) is 0 Å². The fourth-order valence-electron chi connectivity index (χ4n) is 4.15. The van der Waals surface area contributed by atoms with E-state index in [9.17, 15) is 18.0 Å². The molecule has 42 heavy (non-hydrogen) atoms. The SMILES string of the molecule is CCOC(=O)CCc1cc(S(=O)(=O)c2cccc(C(=O)OCC)c2)ccc1OCCCCC=Cc1ccc(OC)cc1. The Bertz CT molecular complexity index is 1460. The van der Waals surface area contributed by atoms with Gasteiger partial charge >= 0.3 is 11.9 Å². The molecule has 0 amide bonds. The fraction of sp³-hybridized carbons (Fsp3) is 0.333. The molecule has 0 spiro atoms. The van der Waals surface area contributed by atoms with Crippen LogP contribution in [0.4, 0.5) is 0 Å². The quantitative estimate of drug-likeness (QED) is 0.137. The maximum atomic E-state index is 13.5. The number of hydrogen-bond acceptors (Lipinski definition) is 8. The van der Waals surface area contributed by atoms with Gasteiger partial charge in [0.2, 0.25) is 9.84 Å². The van der Waals surface area contributed by atoms with Gasteiger partial charge < -0.3 is 18.9 Å². The van der Waals surface area contributed by atoms with Crippen LogP contribution >= 0.6 is 0 Å². The first-order valence-corrected chi connectivity index (χ1v) is 15.5. The maximum Gasteiger partial charge on any atom is 0.338 e. The molecule has 3 aromatic rings. The molecule has 9 heteroatoms. The van der Waals surface area contributed by atoms with Gasteiger partial charge in [0.25, 0.3) is 0 Å². The number of rotatable bonds is 16. The highest BCUT2D eigenvalue weighted by molar-refractivity contribution is 7.91. The second kappa shape index (κ2) is 16.4. The topological polar surface area (TPSA) is 105 Å². The number of benzene rings is 3. The van der Waals surface area contributed by atoms with Gasteiger partial charge in [-0.15, -0.1) is 0 Å². The molecule has 0 radical (unpaired) electrons. The number of sulfone groups is 1. The van der Waals surface area contributed by atoms with Gasteiger partial charge in [0.05, 0.1) is 42.3 Å². The molecule has 0 unspecified atom stereocenters. The van der Waals surface area contributed by atoms with Crippen molar-refractivity contribution < 1.29 is 37.0 Å². The number of aryl methyl sites for hydroxylation is 1. The van der Waals surface area contributed by atoms with Crippen LogP contribution in [0.5, 0.6) is 11.5 Å². The highest BCUT2D eigenvalue weighted by atomic mass is 32.2. The highest BCUT2D eigenvalue weighted by Crippen LogP contribution is 2.29. The van der Waals surface area contributed by atoms with E-state index in [1.807, 2.05) is 24.3 Å². The first-order valence-electron chi connectivity index (χ1n) is 14.0. The van der Waals surface area contributed by atoms with Crippen molar-refractivity contribution in [2.75, 3.05) is 26.9 Å². The number of carbonyl (C=O) groups excluding carboxylic acids is 2. The molecule has 0 fully saturated rings. The van der Waals surface area contributed by atoms with Gasteiger partial charge in [0, 0.05) is 6.42 Å². The van der Waals surface area contributed by atoms with E-state index in [2.05, 4.69) is 12.2 Å². The molecule has 8 nitrogen and oxygen atoms in total. The third-order valence-corrected chi connectivity index (χ3v) is 8.10. The highest BCUT2D eigenvalue weighted by Gasteiger charge is 2.22. The van der Waals surface area contributed by atoms with Crippen molar-refractivity contribution in [3.8, 4) is 11.5 Å². The van der Waals surface area contributed by atoms with Crippen molar-refractivity contribution in [1.82, 2.24) is 0 Å². The van der Waals surface area contributed by atoms with Gasteiger partial charge in [-0.3, -0.25) is 4.79 Å². The van der Waals surface area contributed by atoms with Gasteiger partial charge in [0.15, 0.2) is 0 Å². The van der Waals surface area contributed by atoms with Crippen molar-refractivity contribution >= 4 is 27.9 Å². The molecule has 224 valence electrons. The molecule has 0 heterocycles. The zero-order chi connectivity index (χ0) is 30.4. The van der Waals surface area contributed by atoms with Crippen LogP contribution in [-0.4, -0.2) is 47.3 Å². The molecule has 0 aliphatic heterocycles. The number of carbonyl (C=O) groups is 2. The lowest BCUT2D eigenvalue weighted by atomic mass is 10.1. The van der Waals surface area contributed by atoms with E-state index in [4.69, 9.17) is 18.9 Å². The molecule has 3 rings (SSSR count). The van der Waals surface area contributed by atoms with E-state index in [1.165, 1.54) is 36.4 Å². The summed E-state index contributed by atoms with van der Waals surface area (Å²) in [7, 11) is -2.31. The van der Waals surface area contributed by atoms with Gasteiger partial charge in [-0.25, -0.2) is 13.2 Å². The lowest BCUT2D eigenvalue weighted by Gasteiger charge is -2.14. The summed E-state index contributed by atoms with van der Waals surface area (Å²) in [6, 6.07) is 18.2. The first-order chi connectivity index (χ1) is 20.3. The Morgan fingerprint density at radius 1 is 0.857 bits per heavy atom. The zero-order valence-corrected chi connectivity index (χ0v) is 25.2. The summed E-state index contributed by atoms with van der Waals surface area (Å²) in [5.41, 5.74) is 1.84. The minimum Gasteiger partial charge on any atom is -0.497 e. The van der Waals surface area contributed by atoms with E-state index in [-0.39, 0.29) is 47.4 Å². The number of allylic oxidation sites excluding steroid dienone is 1. The van der Waals surface area contributed by atoms with Gasteiger partial charge in [-0.1, -0.05) is 30.4 Å². The van der Waals surface area contributed by atoms with Crippen LogP contribution in [0.3, 0.4) is 0 Å². The third-order valence-electron chi connectivity index (χ3n) is 6.35. The minimum atomic E-state index is -3.95. The van der Waals surface area contributed by atoms with Gasteiger partial charge in [-0.05, 0) is 99.2 Å². The number of unbranched alkanes of at least 4 members (excludes halogenated alkanes) is 2. The average Bonchev–Trinajstić information content (AvgIpc) is 3.00. The standard InChI is InChI=1S/C33H38O8S/c1-4-39-32(34)21-16-26-23-30(42(36,37)29-13-10-12-27(24-29)33(35)40-5-2)19-20-31(26)41-22-9-7-6-8-11-25-14-17-28(38-3)18-15-25/h8,10-15,17-20,23-24H,4-7,9,16,21-22H2,1-3H3. The Morgan fingerprint density at radius 2 is 1.60 bits per heavy atom. The predicted molar refractivity (Wildman–Crippen MR) is 161 cm³/mol. The summed E-state index contributed by atoms with van der Waals surface area (Å²) in [5.74, 6) is 0.374. The van der Waals surface area contributed by atoms with E-state index in [1.54, 1.807) is 27.0 Å². The van der Waals surface area contributed by atoms with Crippen LogP contribution in [0.2, 0.25) is 0 Å². The number of methoxy groups -OCH3 is 1. The smallest absolute Gasteiger partial charge is 0.338 e. The normalized spacial score (nSPS) is 11.3. The molecule has 0 N–H and O–H groups in total. The second-order valence-corrected chi connectivity index (χ2v) is 11.3. The first kappa shape index (κ1) is 32.4.